The summed E-state index contributed by atoms with van der Waals surface area (Å²) >= 11 is 0. The molecule has 0 aliphatic carbocycles. The van der Waals surface area contributed by atoms with Gasteiger partial charge in [0.2, 0.25) is 12.0 Å². The minimum Gasteiger partial charge on any atom is -0.507 e. The average Bonchev–Trinajstić information content (AvgIpc) is 3.04. The number of carboxylic acid groups (broad SMARTS) is 1. The summed E-state index contributed by atoms with van der Waals surface area (Å²) in [4.78, 5) is 22.9. The maximum Gasteiger partial charge on any atom is 0.402 e. The van der Waals surface area contributed by atoms with Crippen LogP contribution in [0.15, 0.2) is 40.8 Å². The van der Waals surface area contributed by atoms with Gasteiger partial charge in [-0.15, -0.1) is 0 Å². The summed E-state index contributed by atoms with van der Waals surface area (Å²) in [7, 11) is 0. The lowest BCUT2D eigenvalue weighted by atomic mass is 9.97. The Morgan fingerprint density at radius 2 is 1.49 bits per heavy atom. The van der Waals surface area contributed by atoms with Crippen molar-refractivity contribution in [1.29, 1.82) is 0 Å². The standard InChI is InChI=1S/C30H32O19/c31-8-18-22(39)24(41)25(42)29(47-18)49-28-23(40)19(9-44-21(38)7-20(36)37)48-30(26(28)43)46-17-6-12-14(34)4-11(32)5-16(12)45-27(17)10-1-2-13(33)15(35)3-10/h1-6,18-19,22-26,28-31,39-43H,7-9H2,(H4-,32,33,34,35,36,37)/p+1/t18?,19-,22-,23-,24?,25-,26?,28?,29+,30-/m1/s1. The number of ether oxygens (including phenoxy) is 5. The lowest BCUT2D eigenvalue weighted by Crippen LogP contribution is -2.65. The normalized spacial score (nSPS) is 30.2. The Kier molecular flexibility index (Phi) is 10.6. The van der Waals surface area contributed by atoms with Gasteiger partial charge in [-0.3, -0.25) is 9.59 Å². The molecular formula is C30H33O19+. The topological polar surface area (TPSA) is 314 Å². The number of fused-ring (bicyclic) bond motifs is 1. The molecule has 10 atom stereocenters. The molecule has 19 heteroatoms. The molecule has 0 spiro atoms. The number of aliphatic hydroxyl groups is 6. The number of benzene rings is 2. The number of phenols is 4. The van der Waals surface area contributed by atoms with Gasteiger partial charge in [0, 0.05) is 18.2 Å². The van der Waals surface area contributed by atoms with Gasteiger partial charge in [-0.2, -0.15) is 0 Å². The largest absolute Gasteiger partial charge is 0.507 e. The van der Waals surface area contributed by atoms with Crippen molar-refractivity contribution >= 4 is 22.9 Å². The summed E-state index contributed by atoms with van der Waals surface area (Å²) in [5, 5.41) is 112. The summed E-state index contributed by atoms with van der Waals surface area (Å²) in [6, 6.07) is 6.82. The number of rotatable bonds is 10. The predicted molar refractivity (Wildman–Crippen MR) is 156 cm³/mol. The Balaban J connectivity index is 1.53. The number of aliphatic carboxylic acids is 1. The third kappa shape index (κ3) is 7.54. The summed E-state index contributed by atoms with van der Waals surface area (Å²) in [5.41, 5.74) is -0.0198. The van der Waals surface area contributed by atoms with E-state index in [1.165, 1.54) is 12.1 Å². The molecule has 4 unspecified atom stereocenters. The van der Waals surface area contributed by atoms with Crippen LogP contribution in [0, 0.1) is 0 Å². The number of esters is 1. The molecule has 0 bridgehead atoms. The Morgan fingerprint density at radius 1 is 0.776 bits per heavy atom. The van der Waals surface area contributed by atoms with Crippen LogP contribution in [0.1, 0.15) is 6.42 Å². The van der Waals surface area contributed by atoms with E-state index >= 15 is 0 Å². The summed E-state index contributed by atoms with van der Waals surface area (Å²) in [6.45, 7) is -1.65. The van der Waals surface area contributed by atoms with Crippen molar-refractivity contribution in [2.24, 2.45) is 0 Å². The summed E-state index contributed by atoms with van der Waals surface area (Å²) < 4.78 is 33.4. The van der Waals surface area contributed by atoms with Gasteiger partial charge in [0.05, 0.1) is 18.2 Å². The highest BCUT2D eigenvalue weighted by Crippen LogP contribution is 2.42. The molecule has 5 rings (SSSR count). The molecule has 19 nitrogen and oxygen atoms in total. The number of carbonyl (C=O) groups excluding carboxylic acids is 1. The number of aliphatic hydroxyl groups excluding tert-OH is 6. The van der Waals surface area contributed by atoms with Gasteiger partial charge in [-0.1, -0.05) is 0 Å². The predicted octanol–water partition coefficient (Wildman–Crippen LogP) is -1.77. The van der Waals surface area contributed by atoms with Crippen LogP contribution >= 0.6 is 0 Å². The summed E-state index contributed by atoms with van der Waals surface area (Å²) in [5.74, 6) is -5.19. The van der Waals surface area contributed by atoms with E-state index in [2.05, 4.69) is 0 Å². The lowest BCUT2D eigenvalue weighted by Gasteiger charge is -2.45. The van der Waals surface area contributed by atoms with Crippen LogP contribution in [0.4, 0.5) is 0 Å². The highest BCUT2D eigenvalue weighted by Gasteiger charge is 2.52. The fraction of sp³-hybridized carbons (Fsp3) is 0.433. The molecule has 0 radical (unpaired) electrons. The number of hydrogen-bond acceptors (Lipinski definition) is 17. The van der Waals surface area contributed by atoms with Crippen molar-refractivity contribution < 1.29 is 93.9 Å². The SMILES string of the molecule is O=C(O)CC(=O)OC[C@H]1O[C@@H](Oc2cc3c(O)cc(O)cc3[o+]c2-c2ccc(O)c(O)c2)C(O)C(O[C@@H]2OC(CO)[C@@H](O)C(O)[C@H]2O)[C@@H]1O. The zero-order valence-corrected chi connectivity index (χ0v) is 25.0. The van der Waals surface area contributed by atoms with Crippen molar-refractivity contribution in [1.82, 2.24) is 0 Å². The number of aromatic hydroxyl groups is 4. The van der Waals surface area contributed by atoms with Crippen LogP contribution in [0.25, 0.3) is 22.3 Å². The molecule has 2 aliphatic rings. The maximum absolute atomic E-state index is 12.0. The van der Waals surface area contributed by atoms with E-state index in [4.69, 9.17) is 33.2 Å². The van der Waals surface area contributed by atoms with E-state index in [9.17, 15) is 60.7 Å². The molecule has 3 heterocycles. The zero-order chi connectivity index (χ0) is 35.7. The first kappa shape index (κ1) is 35.7. The molecule has 1 aromatic heterocycles. The lowest BCUT2D eigenvalue weighted by molar-refractivity contribution is -0.353. The fourth-order valence-corrected chi connectivity index (χ4v) is 5.25. The number of carboxylic acids is 1. The van der Waals surface area contributed by atoms with Crippen LogP contribution in [0.5, 0.6) is 28.7 Å². The second kappa shape index (κ2) is 14.5. The van der Waals surface area contributed by atoms with Crippen LogP contribution in [0.2, 0.25) is 0 Å². The second-order valence-corrected chi connectivity index (χ2v) is 11.2. The monoisotopic (exact) mass is 697 g/mol. The maximum atomic E-state index is 12.0. The fourth-order valence-electron chi connectivity index (χ4n) is 5.25. The third-order valence-electron chi connectivity index (χ3n) is 7.78. The Bertz CT molecular complexity index is 1680. The van der Waals surface area contributed by atoms with E-state index in [0.29, 0.717) is 0 Å². The first-order chi connectivity index (χ1) is 23.2. The second-order valence-electron chi connectivity index (χ2n) is 11.2. The highest BCUT2D eigenvalue weighted by atomic mass is 16.7. The smallest absolute Gasteiger partial charge is 0.402 e. The highest BCUT2D eigenvalue weighted by molar-refractivity contribution is 5.90. The van der Waals surface area contributed by atoms with Gasteiger partial charge in [-0.25, -0.2) is 4.42 Å². The average molecular weight is 698 g/mol. The number of carbonyl (C=O) groups is 2. The van der Waals surface area contributed by atoms with E-state index in [-0.39, 0.29) is 33.8 Å². The molecule has 266 valence electrons. The van der Waals surface area contributed by atoms with Crippen molar-refractivity contribution in [3.05, 3.63) is 36.4 Å². The van der Waals surface area contributed by atoms with Gasteiger partial charge in [0.25, 0.3) is 0 Å². The molecule has 0 amide bonds. The van der Waals surface area contributed by atoms with Crippen LogP contribution in [0.3, 0.4) is 0 Å². The van der Waals surface area contributed by atoms with Crippen molar-refractivity contribution in [2.45, 2.75) is 67.8 Å². The molecular weight excluding hydrogens is 664 g/mol. The minimum atomic E-state index is -2.03. The number of hydrogen-bond donors (Lipinski definition) is 11. The molecule has 0 saturated carbocycles. The van der Waals surface area contributed by atoms with Gasteiger partial charge in [-0.05, 0) is 12.1 Å². The molecule has 49 heavy (non-hydrogen) atoms. The first-order valence-electron chi connectivity index (χ1n) is 14.5. The van der Waals surface area contributed by atoms with E-state index < -0.39 is 110 Å². The van der Waals surface area contributed by atoms with Crippen molar-refractivity contribution in [2.75, 3.05) is 13.2 Å². The zero-order valence-electron chi connectivity index (χ0n) is 25.0. The quantitative estimate of drug-likeness (QED) is 0.0483. The van der Waals surface area contributed by atoms with Crippen LogP contribution in [-0.2, 0) is 28.5 Å². The molecule has 11 N–H and O–H groups in total. The van der Waals surface area contributed by atoms with Gasteiger partial charge in [0.15, 0.2) is 17.8 Å². The minimum absolute atomic E-state index is 0.0295. The van der Waals surface area contributed by atoms with Gasteiger partial charge >= 0.3 is 23.3 Å². The molecule has 2 fully saturated rings. The number of phenolic OH excluding ortho intramolecular Hbond substituents is 4. The van der Waals surface area contributed by atoms with E-state index in [1.807, 2.05) is 0 Å². The molecule has 3 aromatic rings. The van der Waals surface area contributed by atoms with Gasteiger partial charge in [0.1, 0.15) is 78.7 Å². The van der Waals surface area contributed by atoms with Gasteiger partial charge < -0.3 is 79.9 Å². The van der Waals surface area contributed by atoms with E-state index in [1.54, 1.807) is 0 Å². The van der Waals surface area contributed by atoms with Crippen LogP contribution < -0.4 is 4.74 Å². The van der Waals surface area contributed by atoms with Crippen LogP contribution in [-0.4, -0.2) is 143 Å². The molecule has 2 aromatic carbocycles. The first-order valence-corrected chi connectivity index (χ1v) is 14.5. The van der Waals surface area contributed by atoms with Crippen molar-refractivity contribution in [3.63, 3.8) is 0 Å². The molecule has 2 aliphatic heterocycles. The Labute approximate surface area is 274 Å². The Morgan fingerprint density at radius 3 is 2.16 bits per heavy atom. The van der Waals surface area contributed by atoms with Crippen molar-refractivity contribution in [3.8, 4) is 40.1 Å². The Hall–Kier alpha value is -4.57. The van der Waals surface area contributed by atoms with E-state index in [0.717, 1.165) is 24.3 Å². The third-order valence-corrected chi connectivity index (χ3v) is 7.78. The molecule has 2 saturated heterocycles. The summed E-state index contributed by atoms with van der Waals surface area (Å²) in [6.07, 6.45) is -19.4.